The van der Waals surface area contributed by atoms with E-state index in [1.54, 1.807) is 0 Å². The van der Waals surface area contributed by atoms with Crippen molar-refractivity contribution >= 4 is 6.03 Å². The minimum atomic E-state index is -0.320. The van der Waals surface area contributed by atoms with Gasteiger partial charge in [-0.2, -0.15) is 0 Å². The number of fused-ring (bicyclic) bond motifs is 20. The van der Waals surface area contributed by atoms with E-state index in [0.29, 0.717) is 72.6 Å². The maximum Gasteiger partial charge on any atom is 0.315 e. The number of nitrogens with two attached hydrogens (primary N) is 1. The van der Waals surface area contributed by atoms with E-state index in [1.807, 2.05) is 11.0 Å². The third-order valence-corrected chi connectivity index (χ3v) is 14.9. The largest absolute Gasteiger partial charge is 0.351 e. The van der Waals surface area contributed by atoms with Gasteiger partial charge in [-0.25, -0.2) is 4.79 Å². The number of nitrogens with zero attached hydrogens (tertiary/aromatic N) is 1. The van der Waals surface area contributed by atoms with Crippen molar-refractivity contribution < 1.29 is 21.9 Å². The SMILES string of the molecule is C=CCN(C(N)=O)C1CCCC2C3NC4NC(NC5NC(NC6NC(NC(N3)C21)C1CCCCC61)C1CCCCC51)C1CCCCC41.[Cu]. The van der Waals surface area contributed by atoms with E-state index in [0.717, 1.165) is 19.3 Å². The summed E-state index contributed by atoms with van der Waals surface area (Å²) in [6, 6.07) is -0.225. The van der Waals surface area contributed by atoms with Crippen LogP contribution in [0.3, 0.4) is 0 Å². The van der Waals surface area contributed by atoms with Gasteiger partial charge in [-0.15, -0.1) is 6.58 Å². The Morgan fingerprint density at radius 2 is 0.833 bits per heavy atom. The summed E-state index contributed by atoms with van der Waals surface area (Å²) in [5.41, 5.74) is 6.08. The van der Waals surface area contributed by atoms with Crippen LogP contribution in [0.25, 0.3) is 0 Å². The molecule has 12 heteroatoms. The average molecular weight is 715 g/mol. The molecule has 0 aromatic carbocycles. The number of hydrogen-bond acceptors (Lipinski definition) is 9. The molecule has 2 amide bonds. The van der Waals surface area contributed by atoms with Crippen molar-refractivity contribution in [3.05, 3.63) is 12.7 Å². The first-order valence-corrected chi connectivity index (χ1v) is 19.8. The van der Waals surface area contributed by atoms with E-state index < -0.39 is 0 Å². The molecule has 17 atom stereocenters. The van der Waals surface area contributed by atoms with Crippen molar-refractivity contribution in [2.24, 2.45) is 53.1 Å². The fourth-order valence-corrected chi connectivity index (χ4v) is 12.9. The number of hydrogen-bond donors (Lipinski definition) is 9. The fourth-order valence-electron chi connectivity index (χ4n) is 12.9. The minimum absolute atomic E-state index is 0. The van der Waals surface area contributed by atoms with E-state index in [9.17, 15) is 4.79 Å². The summed E-state index contributed by atoms with van der Waals surface area (Å²) >= 11 is 0. The molecule has 1 radical (unpaired) electrons. The summed E-state index contributed by atoms with van der Waals surface area (Å²) in [4.78, 5) is 14.8. The van der Waals surface area contributed by atoms with Crippen molar-refractivity contribution in [1.82, 2.24) is 47.4 Å². The molecule has 9 fully saturated rings. The van der Waals surface area contributed by atoms with Crippen LogP contribution in [0.4, 0.5) is 4.79 Å². The molecule has 17 unspecified atom stereocenters. The molecular weight excluding hydrogens is 652 g/mol. The van der Waals surface area contributed by atoms with E-state index in [4.69, 9.17) is 5.73 Å². The summed E-state index contributed by atoms with van der Waals surface area (Å²) < 4.78 is 0. The van der Waals surface area contributed by atoms with Crippen molar-refractivity contribution in [2.45, 2.75) is 152 Å². The zero-order valence-corrected chi connectivity index (χ0v) is 29.6. The van der Waals surface area contributed by atoms with Gasteiger partial charge >= 0.3 is 6.03 Å². The van der Waals surface area contributed by atoms with Gasteiger partial charge in [0.05, 0.1) is 49.3 Å². The number of nitrogens with one attached hydrogen (secondary N) is 8. The van der Waals surface area contributed by atoms with Gasteiger partial charge in [0.2, 0.25) is 0 Å². The topological polar surface area (TPSA) is 143 Å². The normalized spacial score (nSPS) is 51.0. The van der Waals surface area contributed by atoms with Crippen LogP contribution in [0.2, 0.25) is 0 Å². The zero-order chi connectivity index (χ0) is 31.6. The predicted molar refractivity (Wildman–Crippen MR) is 183 cm³/mol. The van der Waals surface area contributed by atoms with Crippen molar-refractivity contribution in [3.8, 4) is 0 Å². The van der Waals surface area contributed by atoms with Crippen molar-refractivity contribution in [3.63, 3.8) is 0 Å². The molecule has 0 aromatic heterocycles. The number of urea groups is 1. The van der Waals surface area contributed by atoms with Gasteiger partial charge in [-0.05, 0) is 92.8 Å². The molecule has 5 aliphatic heterocycles. The Morgan fingerprint density at radius 1 is 0.521 bits per heavy atom. The maximum atomic E-state index is 12.9. The Labute approximate surface area is 298 Å². The Bertz CT molecular complexity index is 1160. The van der Waals surface area contributed by atoms with Crippen LogP contribution in [-0.2, 0) is 17.1 Å². The van der Waals surface area contributed by atoms with Gasteiger partial charge < -0.3 is 10.6 Å². The van der Waals surface area contributed by atoms with Crippen LogP contribution in [-0.4, -0.2) is 72.8 Å². The quantitative estimate of drug-likeness (QED) is 0.159. The number of carbonyl (C=O) groups excluding carboxylic acids is 1. The van der Waals surface area contributed by atoms with Crippen LogP contribution >= 0.6 is 0 Å². The summed E-state index contributed by atoms with van der Waals surface area (Å²) in [6.45, 7) is 4.50. The predicted octanol–water partition coefficient (Wildman–Crippen LogP) is 2.15. The molecule has 4 aliphatic carbocycles. The standard InChI is InChI=1S/C36H62N10O.Cu/c1-2-18-46(36(37)47)26-17-9-16-25-27(26)35-44-33-24-15-8-7-14-23(24)31(42-33)40-29-20-11-4-3-10-19(20)28(38-29)39-30-21-12-5-6-13-22(21)32(41-30)43-34(25)45-35;/h2,19-35,38-45H,1,3-18H2,(H2,37,47);. The molecule has 0 aromatic rings. The second kappa shape index (κ2) is 14.3. The van der Waals surface area contributed by atoms with E-state index in [1.165, 1.54) is 77.0 Å². The molecule has 11 nitrogen and oxygen atoms in total. The first-order valence-electron chi connectivity index (χ1n) is 19.8. The smallest absolute Gasteiger partial charge is 0.315 e. The molecule has 10 N–H and O–H groups in total. The molecule has 273 valence electrons. The third kappa shape index (κ3) is 6.01. The Kier molecular flexibility index (Phi) is 10.2. The minimum Gasteiger partial charge on any atom is -0.351 e. The van der Waals surface area contributed by atoms with Gasteiger partial charge in [0.25, 0.3) is 0 Å². The van der Waals surface area contributed by atoms with Gasteiger partial charge in [0, 0.05) is 35.6 Å². The van der Waals surface area contributed by atoms with E-state index in [-0.39, 0.29) is 59.7 Å². The molecule has 4 saturated carbocycles. The molecule has 5 saturated heterocycles. The first-order chi connectivity index (χ1) is 23.1. The Hall–Kier alpha value is -0.791. The molecular formula is C36H62CuN10O. The van der Waals surface area contributed by atoms with Gasteiger partial charge in [-0.3, -0.25) is 42.5 Å². The molecule has 9 rings (SSSR count). The van der Waals surface area contributed by atoms with Crippen LogP contribution in [0.1, 0.15) is 96.3 Å². The summed E-state index contributed by atoms with van der Waals surface area (Å²) in [7, 11) is 0. The summed E-state index contributed by atoms with van der Waals surface area (Å²) in [6.07, 6.45) is 23.1. The van der Waals surface area contributed by atoms with Crippen LogP contribution in [0.5, 0.6) is 0 Å². The van der Waals surface area contributed by atoms with Gasteiger partial charge in [0.1, 0.15) is 0 Å². The van der Waals surface area contributed by atoms with E-state index in [2.05, 4.69) is 49.1 Å². The summed E-state index contributed by atoms with van der Waals surface area (Å²) in [5, 5.41) is 33.6. The molecule has 5 heterocycles. The Balaban J connectivity index is 0.00000336. The molecule has 0 spiro atoms. The second-order valence-electron chi connectivity index (χ2n) is 17.0. The third-order valence-electron chi connectivity index (χ3n) is 14.9. The van der Waals surface area contributed by atoms with Crippen LogP contribution in [0.15, 0.2) is 12.7 Å². The van der Waals surface area contributed by atoms with E-state index >= 15 is 0 Å². The number of carbonyl (C=O) groups is 1. The number of primary amides is 1. The molecule has 9 aliphatic rings. The monoisotopic (exact) mass is 713 g/mol. The zero-order valence-electron chi connectivity index (χ0n) is 28.6. The van der Waals surface area contributed by atoms with Crippen molar-refractivity contribution in [2.75, 3.05) is 6.54 Å². The summed E-state index contributed by atoms with van der Waals surface area (Å²) in [5.74, 6) is 4.57. The van der Waals surface area contributed by atoms with Gasteiger partial charge in [-0.1, -0.05) is 51.0 Å². The second-order valence-corrected chi connectivity index (χ2v) is 17.0. The van der Waals surface area contributed by atoms with Crippen LogP contribution < -0.4 is 48.3 Å². The Morgan fingerprint density at radius 3 is 1.17 bits per heavy atom. The molecule has 8 bridgehead atoms. The van der Waals surface area contributed by atoms with Crippen LogP contribution in [0, 0.1) is 47.3 Å². The maximum absolute atomic E-state index is 12.9. The average Bonchev–Trinajstić information content (AvgIpc) is 3.83. The fraction of sp³-hybridized carbons (Fsp3) is 0.917. The first kappa shape index (κ1) is 34.3. The van der Waals surface area contributed by atoms with Gasteiger partial charge in [0.15, 0.2) is 0 Å². The van der Waals surface area contributed by atoms with Crippen molar-refractivity contribution in [1.29, 1.82) is 0 Å². The number of amides is 2. The number of rotatable bonds is 3. The molecule has 48 heavy (non-hydrogen) atoms.